The van der Waals surface area contributed by atoms with Crippen LogP contribution in [0.4, 0.5) is 0 Å². The highest BCUT2D eigenvalue weighted by atomic mass is 35.5. The van der Waals surface area contributed by atoms with Crippen molar-refractivity contribution in [1.29, 1.82) is 0 Å². The molecule has 0 N–H and O–H groups in total. The van der Waals surface area contributed by atoms with Gasteiger partial charge in [-0.1, -0.05) is 6.92 Å². The second-order valence-corrected chi connectivity index (χ2v) is 6.61. The van der Waals surface area contributed by atoms with E-state index in [4.69, 9.17) is 11.6 Å². The Balaban J connectivity index is 1.94. The summed E-state index contributed by atoms with van der Waals surface area (Å²) in [6.07, 6.45) is 8.11. The highest BCUT2D eigenvalue weighted by molar-refractivity contribution is 6.20. The molecule has 5 heteroatoms. The molecule has 2 saturated carbocycles. The molecule has 0 radical (unpaired) electrons. The van der Waals surface area contributed by atoms with Gasteiger partial charge >= 0.3 is 0 Å². The van der Waals surface area contributed by atoms with Crippen molar-refractivity contribution in [2.75, 3.05) is 6.54 Å². The minimum Gasteiger partial charge on any atom is -0.297 e. The molecule has 0 aromatic heterocycles. The lowest BCUT2D eigenvalue weighted by Crippen LogP contribution is -2.48. The van der Waals surface area contributed by atoms with Gasteiger partial charge in [0.25, 0.3) is 0 Å². The van der Waals surface area contributed by atoms with Crippen LogP contribution in [-0.2, 0) is 0 Å². The first-order chi connectivity index (χ1) is 9.11. The first kappa shape index (κ1) is 15.0. The number of hydrogen-bond acceptors (Lipinski definition) is 3. The van der Waals surface area contributed by atoms with Crippen LogP contribution in [0.25, 0.3) is 0 Å². The van der Waals surface area contributed by atoms with Crippen molar-refractivity contribution in [1.82, 2.24) is 4.90 Å². The zero-order valence-electron chi connectivity index (χ0n) is 11.8. The van der Waals surface area contributed by atoms with Gasteiger partial charge in [0.05, 0.1) is 0 Å². The van der Waals surface area contributed by atoms with Crippen LogP contribution in [-0.4, -0.2) is 39.9 Å². The summed E-state index contributed by atoms with van der Waals surface area (Å²) in [5.41, 5.74) is 0. The Kier molecular flexibility index (Phi) is 5.46. The van der Waals surface area contributed by atoms with E-state index in [1.54, 1.807) is 0 Å². The minimum atomic E-state index is -0.322. The minimum absolute atomic E-state index is 0.0737. The summed E-state index contributed by atoms with van der Waals surface area (Å²) in [4.78, 5) is 13.5. The van der Waals surface area contributed by atoms with Crippen molar-refractivity contribution >= 4 is 11.6 Å². The molecule has 2 rings (SSSR count). The van der Waals surface area contributed by atoms with Gasteiger partial charge in [-0.2, -0.15) is 0 Å². The molecule has 2 aliphatic carbocycles. The third-order valence-electron chi connectivity index (χ3n) is 4.85. The third kappa shape index (κ3) is 3.82. The quantitative estimate of drug-likeness (QED) is 0.452. The molecule has 0 saturated heterocycles. The highest BCUT2D eigenvalue weighted by Crippen LogP contribution is 2.32. The fourth-order valence-corrected chi connectivity index (χ4v) is 4.06. The van der Waals surface area contributed by atoms with Gasteiger partial charge < -0.3 is 0 Å². The van der Waals surface area contributed by atoms with Gasteiger partial charge in [0.2, 0.25) is 6.04 Å². The number of nitrogens with zero attached hydrogens (tertiary/aromatic N) is 2. The predicted molar refractivity (Wildman–Crippen MR) is 77.3 cm³/mol. The molecule has 0 aromatic rings. The Labute approximate surface area is 120 Å². The van der Waals surface area contributed by atoms with E-state index < -0.39 is 0 Å². The molecule has 2 unspecified atom stereocenters. The first-order valence-corrected chi connectivity index (χ1v) is 8.08. The molecule has 0 aliphatic heterocycles. The van der Waals surface area contributed by atoms with Crippen molar-refractivity contribution in [3.8, 4) is 0 Å². The average Bonchev–Trinajstić information content (AvgIpc) is 2.42. The van der Waals surface area contributed by atoms with E-state index in [9.17, 15) is 10.1 Å². The average molecular weight is 289 g/mol. The largest absolute Gasteiger partial charge is 0.297 e. The van der Waals surface area contributed by atoms with Gasteiger partial charge in [-0.05, 0) is 45.1 Å². The van der Waals surface area contributed by atoms with Crippen molar-refractivity contribution in [2.24, 2.45) is 0 Å². The smallest absolute Gasteiger partial charge is 0.214 e. The molecule has 2 fully saturated rings. The maximum absolute atomic E-state index is 11.0. The molecule has 0 heterocycles. The summed E-state index contributed by atoms with van der Waals surface area (Å²) in [6.45, 7) is 3.19. The maximum Gasteiger partial charge on any atom is 0.214 e. The van der Waals surface area contributed by atoms with Gasteiger partial charge in [-0.15, -0.1) is 11.6 Å². The highest BCUT2D eigenvalue weighted by Gasteiger charge is 2.35. The molecular weight excluding hydrogens is 264 g/mol. The van der Waals surface area contributed by atoms with E-state index in [2.05, 4.69) is 11.8 Å². The molecular formula is C14H25ClN2O2. The van der Waals surface area contributed by atoms with Gasteiger partial charge in [0.1, 0.15) is 0 Å². The summed E-state index contributed by atoms with van der Waals surface area (Å²) in [6, 6.07) is 0.679. The fourth-order valence-electron chi connectivity index (χ4n) is 3.81. The van der Waals surface area contributed by atoms with Crippen LogP contribution < -0.4 is 0 Å². The second-order valence-electron chi connectivity index (χ2n) is 6.00. The number of halogens is 1. The monoisotopic (exact) mass is 288 g/mol. The Morgan fingerprint density at radius 1 is 1.16 bits per heavy atom. The van der Waals surface area contributed by atoms with Crippen molar-refractivity contribution in [3.05, 3.63) is 10.1 Å². The lowest BCUT2D eigenvalue weighted by Gasteiger charge is -2.42. The van der Waals surface area contributed by atoms with Gasteiger partial charge in [-0.3, -0.25) is 15.0 Å². The van der Waals surface area contributed by atoms with Crippen molar-refractivity contribution in [3.63, 3.8) is 0 Å². The first-order valence-electron chi connectivity index (χ1n) is 7.65. The summed E-state index contributed by atoms with van der Waals surface area (Å²) < 4.78 is 0. The normalized spacial score (nSPS) is 36.4. The number of rotatable bonds is 4. The zero-order chi connectivity index (χ0) is 13.8. The van der Waals surface area contributed by atoms with Crippen LogP contribution >= 0.6 is 11.6 Å². The molecule has 0 aromatic carbocycles. The number of nitro groups is 1. The maximum atomic E-state index is 11.0. The Morgan fingerprint density at radius 3 is 2.42 bits per heavy atom. The predicted octanol–water partition coefficient (Wildman–Crippen LogP) is 3.45. The molecule has 0 spiro atoms. The van der Waals surface area contributed by atoms with Gasteiger partial charge in [0.15, 0.2) is 0 Å². The Bertz CT molecular complexity index is 306. The SMILES string of the molecule is CCN(C1CCC(Cl)CC1)C1CCCC([N+](=O)[O-])C1. The van der Waals surface area contributed by atoms with E-state index >= 15 is 0 Å². The van der Waals surface area contributed by atoms with Crippen LogP contribution in [0, 0.1) is 10.1 Å². The van der Waals surface area contributed by atoms with Crippen LogP contribution in [0.15, 0.2) is 0 Å². The summed E-state index contributed by atoms with van der Waals surface area (Å²) in [7, 11) is 0. The molecule has 19 heavy (non-hydrogen) atoms. The topological polar surface area (TPSA) is 46.4 Å². The van der Waals surface area contributed by atoms with E-state index in [1.165, 1.54) is 0 Å². The van der Waals surface area contributed by atoms with Crippen LogP contribution in [0.1, 0.15) is 58.3 Å². The van der Waals surface area contributed by atoms with E-state index in [1.807, 2.05) is 0 Å². The van der Waals surface area contributed by atoms with E-state index in [-0.39, 0.29) is 11.0 Å². The van der Waals surface area contributed by atoms with Gasteiger partial charge in [0, 0.05) is 35.2 Å². The molecule has 2 atom stereocenters. The lowest BCUT2D eigenvalue weighted by atomic mass is 9.86. The molecule has 110 valence electrons. The lowest BCUT2D eigenvalue weighted by molar-refractivity contribution is -0.527. The van der Waals surface area contributed by atoms with Gasteiger partial charge in [-0.25, -0.2) is 0 Å². The summed E-state index contributed by atoms with van der Waals surface area (Å²) in [5.74, 6) is 0. The van der Waals surface area contributed by atoms with E-state index in [0.29, 0.717) is 17.5 Å². The Hall–Kier alpha value is -0.350. The van der Waals surface area contributed by atoms with Crippen molar-refractivity contribution < 1.29 is 4.92 Å². The molecule has 2 aliphatic rings. The zero-order valence-corrected chi connectivity index (χ0v) is 12.5. The van der Waals surface area contributed by atoms with Crippen LogP contribution in [0.2, 0.25) is 0 Å². The third-order valence-corrected chi connectivity index (χ3v) is 5.28. The summed E-state index contributed by atoms with van der Waals surface area (Å²) in [5, 5.41) is 11.3. The number of alkyl halides is 1. The van der Waals surface area contributed by atoms with Crippen molar-refractivity contribution in [2.45, 2.75) is 81.8 Å². The summed E-state index contributed by atoms with van der Waals surface area (Å²) >= 11 is 6.17. The fraction of sp³-hybridized carbons (Fsp3) is 1.00. The molecule has 0 bridgehead atoms. The van der Waals surface area contributed by atoms with Crippen LogP contribution in [0.5, 0.6) is 0 Å². The second kappa shape index (κ2) is 6.89. The molecule has 4 nitrogen and oxygen atoms in total. The number of hydrogen-bond donors (Lipinski definition) is 0. The standard InChI is InChI=1S/C14H25ClN2O2/c1-2-16(12-8-6-11(15)7-9-12)13-4-3-5-14(10-13)17(18)19/h11-14H,2-10H2,1H3. The van der Waals surface area contributed by atoms with E-state index in [0.717, 1.165) is 57.9 Å². The molecule has 0 amide bonds. The Morgan fingerprint density at radius 2 is 1.84 bits per heavy atom. The van der Waals surface area contributed by atoms with Crippen LogP contribution in [0.3, 0.4) is 0 Å².